The van der Waals surface area contributed by atoms with Crippen LogP contribution in [0.5, 0.6) is 11.5 Å². The van der Waals surface area contributed by atoms with Gasteiger partial charge in [-0.25, -0.2) is 13.2 Å². The maximum atomic E-state index is 12.7. The fourth-order valence-corrected chi connectivity index (χ4v) is 4.29. The van der Waals surface area contributed by atoms with Crippen molar-refractivity contribution in [3.05, 3.63) is 81.8 Å². The molecule has 0 amide bonds. The van der Waals surface area contributed by atoms with Crippen LogP contribution in [0.4, 0.5) is 5.69 Å². The molecule has 0 heterocycles. The lowest BCUT2D eigenvalue weighted by Gasteiger charge is -2.12. The van der Waals surface area contributed by atoms with Gasteiger partial charge in [0.2, 0.25) is 0 Å². The molecule has 0 saturated carbocycles. The summed E-state index contributed by atoms with van der Waals surface area (Å²) in [5.74, 6) is -0.351. The van der Waals surface area contributed by atoms with Crippen LogP contribution in [-0.2, 0) is 10.0 Å². The lowest BCUT2D eigenvalue weighted by Crippen LogP contribution is -2.15. The first-order chi connectivity index (χ1) is 13.7. The number of carboxylic acid groups (broad SMARTS) is 1. The zero-order valence-electron chi connectivity index (χ0n) is 15.0. The number of anilines is 1. The van der Waals surface area contributed by atoms with Crippen LogP contribution in [0.2, 0.25) is 10.0 Å². The average molecular weight is 452 g/mol. The summed E-state index contributed by atoms with van der Waals surface area (Å²) in [7, 11) is -3.97. The highest BCUT2D eigenvalue weighted by Gasteiger charge is 2.19. The van der Waals surface area contributed by atoms with E-state index in [9.17, 15) is 13.2 Å². The van der Waals surface area contributed by atoms with Gasteiger partial charge in [0.25, 0.3) is 10.0 Å². The summed E-state index contributed by atoms with van der Waals surface area (Å²) in [5, 5.41) is 9.92. The minimum absolute atomic E-state index is 0.106. The van der Waals surface area contributed by atoms with Crippen LogP contribution in [0.25, 0.3) is 0 Å². The maximum Gasteiger partial charge on any atom is 0.335 e. The second kappa shape index (κ2) is 8.32. The number of hydrogen-bond acceptors (Lipinski definition) is 4. The van der Waals surface area contributed by atoms with E-state index in [1.807, 2.05) is 0 Å². The van der Waals surface area contributed by atoms with Crippen molar-refractivity contribution in [2.45, 2.75) is 11.8 Å². The van der Waals surface area contributed by atoms with Gasteiger partial charge in [0.1, 0.15) is 11.5 Å². The van der Waals surface area contributed by atoms with Gasteiger partial charge >= 0.3 is 5.97 Å². The number of carboxylic acids is 1. The van der Waals surface area contributed by atoms with Crippen LogP contribution >= 0.6 is 23.2 Å². The molecular formula is C20H15Cl2NO5S. The monoisotopic (exact) mass is 451 g/mol. The summed E-state index contributed by atoms with van der Waals surface area (Å²) >= 11 is 11.9. The molecule has 0 bridgehead atoms. The first-order valence-electron chi connectivity index (χ1n) is 8.25. The molecule has 2 N–H and O–H groups in total. The Hall–Kier alpha value is -2.74. The van der Waals surface area contributed by atoms with Gasteiger partial charge in [-0.15, -0.1) is 0 Å². The van der Waals surface area contributed by atoms with E-state index < -0.39 is 16.0 Å². The van der Waals surface area contributed by atoms with Crippen molar-refractivity contribution in [3.63, 3.8) is 0 Å². The van der Waals surface area contributed by atoms with Crippen molar-refractivity contribution in [2.75, 3.05) is 4.72 Å². The van der Waals surface area contributed by atoms with Crippen LogP contribution in [0.1, 0.15) is 15.9 Å². The van der Waals surface area contributed by atoms with Crippen LogP contribution < -0.4 is 9.46 Å². The van der Waals surface area contributed by atoms with Crippen molar-refractivity contribution in [1.29, 1.82) is 0 Å². The van der Waals surface area contributed by atoms with Crippen LogP contribution in [0, 0.1) is 6.92 Å². The highest BCUT2D eigenvalue weighted by molar-refractivity contribution is 7.92. The molecule has 6 nitrogen and oxygen atoms in total. The number of ether oxygens (including phenoxy) is 1. The highest BCUT2D eigenvalue weighted by atomic mass is 35.5. The summed E-state index contributed by atoms with van der Waals surface area (Å²) in [5.41, 5.74) is 0.610. The van der Waals surface area contributed by atoms with Gasteiger partial charge in [-0.3, -0.25) is 4.72 Å². The Balaban J connectivity index is 1.80. The van der Waals surface area contributed by atoms with Crippen molar-refractivity contribution < 1.29 is 23.1 Å². The molecule has 9 heteroatoms. The number of sulfonamides is 1. The first kappa shape index (κ1) is 21.0. The molecule has 3 rings (SSSR count). The Morgan fingerprint density at radius 3 is 2.31 bits per heavy atom. The SMILES string of the molecule is Cc1ccc(C(=O)O)cc1S(=O)(=O)Nc1ccc(Oc2ccc(Cl)cc2Cl)cc1. The van der Waals surface area contributed by atoms with E-state index in [1.165, 1.54) is 24.3 Å². The molecule has 0 aliphatic heterocycles. The van der Waals surface area contributed by atoms with Gasteiger partial charge < -0.3 is 9.84 Å². The Kier molecular flexibility index (Phi) is 6.02. The fourth-order valence-electron chi connectivity index (χ4n) is 2.51. The molecule has 3 aromatic rings. The summed E-state index contributed by atoms with van der Waals surface area (Å²) in [6, 6.07) is 14.9. The smallest absolute Gasteiger partial charge is 0.335 e. The maximum absolute atomic E-state index is 12.7. The first-order valence-corrected chi connectivity index (χ1v) is 10.5. The van der Waals surface area contributed by atoms with E-state index in [2.05, 4.69) is 4.72 Å². The number of benzene rings is 3. The van der Waals surface area contributed by atoms with Crippen molar-refractivity contribution in [1.82, 2.24) is 0 Å². The molecule has 0 aliphatic rings. The minimum Gasteiger partial charge on any atom is -0.478 e. The largest absolute Gasteiger partial charge is 0.478 e. The second-order valence-corrected chi connectivity index (χ2v) is 8.59. The molecule has 0 aromatic heterocycles. The number of aromatic carboxylic acids is 1. The summed E-state index contributed by atoms with van der Waals surface area (Å²) < 4.78 is 33.5. The number of nitrogens with one attached hydrogen (secondary N) is 1. The highest BCUT2D eigenvalue weighted by Crippen LogP contribution is 2.32. The van der Waals surface area contributed by atoms with Gasteiger partial charge in [-0.1, -0.05) is 29.3 Å². The molecular weight excluding hydrogens is 437 g/mol. The molecule has 0 radical (unpaired) electrons. The lowest BCUT2D eigenvalue weighted by atomic mass is 10.1. The quantitative estimate of drug-likeness (QED) is 0.509. The van der Waals surface area contributed by atoms with Gasteiger partial charge in [-0.05, 0) is 67.1 Å². The third kappa shape index (κ3) is 5.00. The number of aryl methyl sites for hydroxylation is 1. The zero-order chi connectivity index (χ0) is 21.2. The fraction of sp³-hybridized carbons (Fsp3) is 0.0500. The molecule has 3 aromatic carbocycles. The van der Waals surface area contributed by atoms with Gasteiger partial charge in [0.05, 0.1) is 15.5 Å². The Bertz CT molecular complexity index is 1180. The average Bonchev–Trinajstić information content (AvgIpc) is 2.65. The van der Waals surface area contributed by atoms with E-state index >= 15 is 0 Å². The third-order valence-electron chi connectivity index (χ3n) is 3.95. The molecule has 0 spiro atoms. The van der Waals surface area contributed by atoms with E-state index in [0.29, 0.717) is 32.8 Å². The van der Waals surface area contributed by atoms with Gasteiger partial charge in [0.15, 0.2) is 0 Å². The zero-order valence-corrected chi connectivity index (χ0v) is 17.3. The van der Waals surface area contributed by atoms with Crippen LogP contribution in [0.3, 0.4) is 0 Å². The number of carbonyl (C=O) groups is 1. The standard InChI is InChI=1S/C20H15Cl2NO5S/c1-12-2-3-13(20(24)25)10-19(12)29(26,27)23-15-5-7-16(8-6-15)28-18-9-4-14(21)11-17(18)22/h2-11,23H,1H3,(H,24,25). The third-order valence-corrected chi connectivity index (χ3v) is 6.01. The van der Waals surface area contributed by atoms with Crippen molar-refractivity contribution in [2.24, 2.45) is 0 Å². The van der Waals surface area contributed by atoms with Crippen LogP contribution in [0.15, 0.2) is 65.6 Å². The normalized spacial score (nSPS) is 11.1. The number of rotatable bonds is 6. The molecule has 0 fully saturated rings. The van der Waals surface area contributed by atoms with Gasteiger partial charge in [-0.2, -0.15) is 0 Å². The number of halogens is 2. The van der Waals surface area contributed by atoms with E-state index in [1.54, 1.807) is 37.3 Å². The molecule has 29 heavy (non-hydrogen) atoms. The predicted octanol–water partition coefficient (Wildman–Crippen LogP) is 5.59. The second-order valence-electron chi connectivity index (χ2n) is 6.09. The topological polar surface area (TPSA) is 92.7 Å². The Labute approximate surface area is 177 Å². The van der Waals surface area contributed by atoms with Gasteiger partial charge in [0, 0.05) is 10.7 Å². The number of hydrogen-bond donors (Lipinski definition) is 2. The molecule has 150 valence electrons. The predicted molar refractivity (Wildman–Crippen MR) is 112 cm³/mol. The lowest BCUT2D eigenvalue weighted by molar-refractivity contribution is 0.0696. The molecule has 0 atom stereocenters. The Morgan fingerprint density at radius 2 is 1.69 bits per heavy atom. The van der Waals surface area contributed by atoms with E-state index in [4.69, 9.17) is 33.0 Å². The summed E-state index contributed by atoms with van der Waals surface area (Å²) in [6.45, 7) is 1.59. The molecule has 0 unspecified atom stereocenters. The molecule has 0 saturated heterocycles. The van der Waals surface area contributed by atoms with Crippen LogP contribution in [-0.4, -0.2) is 19.5 Å². The van der Waals surface area contributed by atoms with Crippen molar-refractivity contribution in [3.8, 4) is 11.5 Å². The van der Waals surface area contributed by atoms with E-state index in [0.717, 1.165) is 6.07 Å². The Morgan fingerprint density at radius 1 is 1.00 bits per heavy atom. The minimum atomic E-state index is -3.97. The van der Waals surface area contributed by atoms with E-state index in [-0.39, 0.29) is 10.5 Å². The van der Waals surface area contributed by atoms with Crippen molar-refractivity contribution >= 4 is 44.9 Å². The summed E-state index contributed by atoms with van der Waals surface area (Å²) in [6.07, 6.45) is 0. The summed E-state index contributed by atoms with van der Waals surface area (Å²) in [4.78, 5) is 11.0. The molecule has 0 aliphatic carbocycles.